The average Bonchev–Trinajstić information content (AvgIpc) is 3.20. The summed E-state index contributed by atoms with van der Waals surface area (Å²) in [5, 5.41) is 7.96. The largest absolute Gasteiger partial charge is 0.363 e. The lowest BCUT2D eigenvalue weighted by Crippen LogP contribution is -2.13. The quantitative estimate of drug-likeness (QED) is 0.360. The molecule has 0 bridgehead atoms. The van der Waals surface area contributed by atoms with E-state index in [4.69, 9.17) is 0 Å². The summed E-state index contributed by atoms with van der Waals surface area (Å²) >= 11 is 0. The van der Waals surface area contributed by atoms with Crippen LogP contribution >= 0.6 is 0 Å². The maximum Gasteiger partial charge on any atom is 0.143 e. The van der Waals surface area contributed by atoms with E-state index in [-0.39, 0.29) is 6.04 Å². The van der Waals surface area contributed by atoms with Crippen LogP contribution in [0.15, 0.2) is 67.0 Å². The number of fused-ring (bicyclic) bond motifs is 1. The van der Waals surface area contributed by atoms with Gasteiger partial charge in [-0.05, 0) is 42.6 Å². The van der Waals surface area contributed by atoms with E-state index in [2.05, 4.69) is 94.0 Å². The van der Waals surface area contributed by atoms with Crippen molar-refractivity contribution in [1.29, 1.82) is 0 Å². The van der Waals surface area contributed by atoms with Gasteiger partial charge in [0.15, 0.2) is 0 Å². The summed E-state index contributed by atoms with van der Waals surface area (Å²) < 4.78 is 0. The molecule has 0 radical (unpaired) electrons. The van der Waals surface area contributed by atoms with E-state index in [0.29, 0.717) is 0 Å². The Kier molecular flexibility index (Phi) is 5.86. The zero-order valence-electron chi connectivity index (χ0n) is 16.9. The van der Waals surface area contributed by atoms with Gasteiger partial charge in [-0.25, -0.2) is 9.97 Å². The van der Waals surface area contributed by atoms with Crippen molar-refractivity contribution in [2.75, 3.05) is 11.9 Å². The van der Waals surface area contributed by atoms with Crippen LogP contribution in [0.4, 0.5) is 5.82 Å². The fourth-order valence-corrected chi connectivity index (χ4v) is 3.45. The molecule has 0 saturated heterocycles. The topological polar surface area (TPSA) is 65.6 Å². The van der Waals surface area contributed by atoms with Crippen molar-refractivity contribution in [2.45, 2.75) is 32.9 Å². The Morgan fingerprint density at radius 1 is 1.00 bits per heavy atom. The van der Waals surface area contributed by atoms with Gasteiger partial charge >= 0.3 is 0 Å². The Hall–Kier alpha value is -3.18. The van der Waals surface area contributed by atoms with Crippen molar-refractivity contribution >= 4 is 16.9 Å². The number of hydrogen-bond donors (Lipinski definition) is 3. The van der Waals surface area contributed by atoms with E-state index < -0.39 is 0 Å². The van der Waals surface area contributed by atoms with Gasteiger partial charge in [-0.1, -0.05) is 61.5 Å². The lowest BCUT2D eigenvalue weighted by molar-refractivity contribution is 0.675. The zero-order chi connectivity index (χ0) is 20.1. The Balaban J connectivity index is 1.56. The van der Waals surface area contributed by atoms with Gasteiger partial charge in [0.25, 0.3) is 0 Å². The van der Waals surface area contributed by atoms with Crippen molar-refractivity contribution in [2.24, 2.45) is 0 Å². The van der Waals surface area contributed by atoms with Gasteiger partial charge in [-0.2, -0.15) is 0 Å². The summed E-state index contributed by atoms with van der Waals surface area (Å²) in [4.78, 5) is 12.3. The molecule has 2 aromatic carbocycles. The molecule has 0 aliphatic carbocycles. The number of nitrogens with one attached hydrogen (secondary N) is 3. The standard InChI is InChI=1S/C24H27N5/c1-3-13-25-15-18-9-11-20(12-10-18)22-14-21-23(26-16-27-24(21)29-22)28-17(2)19-7-5-4-6-8-19/h4-12,14,16-17,25H,3,13,15H2,1-2H3,(H2,26,27,28,29)/t17-/m1/s1. The minimum absolute atomic E-state index is 0.155. The van der Waals surface area contributed by atoms with Crippen molar-refractivity contribution in [1.82, 2.24) is 20.3 Å². The highest BCUT2D eigenvalue weighted by Crippen LogP contribution is 2.29. The molecule has 4 aromatic rings. The molecule has 5 heteroatoms. The minimum atomic E-state index is 0.155. The van der Waals surface area contributed by atoms with Crippen molar-refractivity contribution in [3.8, 4) is 11.3 Å². The summed E-state index contributed by atoms with van der Waals surface area (Å²) in [5.41, 5.74) is 5.54. The molecule has 0 unspecified atom stereocenters. The van der Waals surface area contributed by atoms with Gasteiger partial charge in [-0.3, -0.25) is 0 Å². The van der Waals surface area contributed by atoms with Crippen LogP contribution in [0.5, 0.6) is 0 Å². The summed E-state index contributed by atoms with van der Waals surface area (Å²) in [6.45, 7) is 6.26. The van der Waals surface area contributed by atoms with Crippen LogP contribution < -0.4 is 10.6 Å². The lowest BCUT2D eigenvalue weighted by Gasteiger charge is -2.15. The highest BCUT2D eigenvalue weighted by Gasteiger charge is 2.12. The van der Waals surface area contributed by atoms with Crippen LogP contribution in [0.1, 0.15) is 37.4 Å². The first-order chi connectivity index (χ1) is 14.2. The highest BCUT2D eigenvalue weighted by molar-refractivity contribution is 5.91. The maximum atomic E-state index is 4.48. The second kappa shape index (κ2) is 8.88. The molecule has 2 heterocycles. The molecule has 0 aliphatic rings. The van der Waals surface area contributed by atoms with E-state index >= 15 is 0 Å². The van der Waals surface area contributed by atoms with Crippen LogP contribution in [0.2, 0.25) is 0 Å². The molecular formula is C24H27N5. The van der Waals surface area contributed by atoms with Crippen molar-refractivity contribution in [3.63, 3.8) is 0 Å². The molecule has 0 aliphatic heterocycles. The van der Waals surface area contributed by atoms with Crippen molar-refractivity contribution in [3.05, 3.63) is 78.1 Å². The Labute approximate surface area is 171 Å². The number of aromatic amines is 1. The van der Waals surface area contributed by atoms with Gasteiger partial charge in [0, 0.05) is 18.3 Å². The average molecular weight is 386 g/mol. The van der Waals surface area contributed by atoms with Crippen LogP contribution in [-0.4, -0.2) is 21.5 Å². The van der Waals surface area contributed by atoms with Crippen LogP contribution in [-0.2, 0) is 6.54 Å². The number of rotatable bonds is 8. The third-order valence-corrected chi connectivity index (χ3v) is 5.10. The molecule has 0 spiro atoms. The molecule has 3 N–H and O–H groups in total. The van der Waals surface area contributed by atoms with Crippen LogP contribution in [0, 0.1) is 0 Å². The first-order valence-electron chi connectivity index (χ1n) is 10.2. The van der Waals surface area contributed by atoms with Gasteiger partial charge < -0.3 is 15.6 Å². The number of anilines is 1. The summed E-state index contributed by atoms with van der Waals surface area (Å²) in [5.74, 6) is 0.842. The van der Waals surface area contributed by atoms with Gasteiger partial charge in [0.2, 0.25) is 0 Å². The number of benzene rings is 2. The first-order valence-corrected chi connectivity index (χ1v) is 10.2. The Morgan fingerprint density at radius 2 is 1.79 bits per heavy atom. The SMILES string of the molecule is CCCNCc1ccc(-c2cc3c(N[C@H](C)c4ccccc4)ncnc3[nH]2)cc1. The van der Waals surface area contributed by atoms with E-state index in [1.807, 2.05) is 6.07 Å². The van der Waals surface area contributed by atoms with Gasteiger partial charge in [0.1, 0.15) is 17.8 Å². The molecule has 0 amide bonds. The molecule has 2 aromatic heterocycles. The molecule has 29 heavy (non-hydrogen) atoms. The monoisotopic (exact) mass is 385 g/mol. The van der Waals surface area contributed by atoms with Crippen molar-refractivity contribution < 1.29 is 0 Å². The lowest BCUT2D eigenvalue weighted by atomic mass is 10.1. The van der Waals surface area contributed by atoms with E-state index in [1.165, 1.54) is 11.1 Å². The second-order valence-electron chi connectivity index (χ2n) is 7.32. The molecule has 0 fully saturated rings. The maximum absolute atomic E-state index is 4.48. The number of H-pyrrole nitrogens is 1. The van der Waals surface area contributed by atoms with E-state index in [1.54, 1.807) is 6.33 Å². The summed E-state index contributed by atoms with van der Waals surface area (Å²) in [6.07, 6.45) is 2.75. The third kappa shape index (κ3) is 4.46. The molecule has 0 saturated carbocycles. The summed E-state index contributed by atoms with van der Waals surface area (Å²) in [6, 6.07) is 21.3. The molecule has 1 atom stereocenters. The zero-order valence-corrected chi connectivity index (χ0v) is 16.9. The smallest absolute Gasteiger partial charge is 0.143 e. The minimum Gasteiger partial charge on any atom is -0.363 e. The van der Waals surface area contributed by atoms with Gasteiger partial charge in [0.05, 0.1) is 5.39 Å². The van der Waals surface area contributed by atoms with Crippen LogP contribution in [0.3, 0.4) is 0 Å². The van der Waals surface area contributed by atoms with E-state index in [9.17, 15) is 0 Å². The fourth-order valence-electron chi connectivity index (χ4n) is 3.45. The molecule has 148 valence electrons. The second-order valence-corrected chi connectivity index (χ2v) is 7.32. The van der Waals surface area contributed by atoms with Crippen LogP contribution in [0.25, 0.3) is 22.3 Å². The highest BCUT2D eigenvalue weighted by atomic mass is 15.1. The first kappa shape index (κ1) is 19.2. The molecule has 5 nitrogen and oxygen atoms in total. The normalized spacial score (nSPS) is 12.2. The predicted octanol–water partition coefficient (Wildman–Crippen LogP) is 5.30. The Morgan fingerprint density at radius 3 is 2.55 bits per heavy atom. The number of hydrogen-bond acceptors (Lipinski definition) is 4. The summed E-state index contributed by atoms with van der Waals surface area (Å²) in [7, 11) is 0. The van der Waals surface area contributed by atoms with Gasteiger partial charge in [-0.15, -0.1) is 0 Å². The fraction of sp³-hybridized carbons (Fsp3) is 0.250. The molecular weight excluding hydrogens is 358 g/mol. The predicted molar refractivity (Wildman–Crippen MR) is 120 cm³/mol. The third-order valence-electron chi connectivity index (χ3n) is 5.10. The van der Waals surface area contributed by atoms with E-state index in [0.717, 1.165) is 47.6 Å². The molecule has 4 rings (SSSR count). The number of aromatic nitrogens is 3. The number of nitrogens with zero attached hydrogens (tertiary/aromatic N) is 2. The Bertz CT molecular complexity index is 1050.